The topological polar surface area (TPSA) is 93.7 Å². The average molecular weight is 467 g/mol. The fourth-order valence-electron chi connectivity index (χ4n) is 3.01. The SMILES string of the molecule is COC(=O)c1ccccc1NC(=O)c1ccc(NC(=O)C(C)Oc2ccc(Cl)cc2C)cc1. The molecule has 0 spiro atoms. The summed E-state index contributed by atoms with van der Waals surface area (Å²) in [6.45, 7) is 3.49. The molecular formula is C25H23ClN2O5. The van der Waals surface area contributed by atoms with Crippen molar-refractivity contribution in [1.82, 2.24) is 0 Å². The van der Waals surface area contributed by atoms with Gasteiger partial charge in [-0.05, 0) is 74.0 Å². The van der Waals surface area contributed by atoms with E-state index in [2.05, 4.69) is 10.6 Å². The minimum absolute atomic E-state index is 0.252. The first-order valence-corrected chi connectivity index (χ1v) is 10.5. The van der Waals surface area contributed by atoms with Crippen molar-refractivity contribution in [1.29, 1.82) is 0 Å². The molecule has 0 heterocycles. The molecule has 0 bridgehead atoms. The summed E-state index contributed by atoms with van der Waals surface area (Å²) in [5.74, 6) is -0.719. The number of halogens is 1. The standard InChI is InChI=1S/C25H23ClN2O5/c1-15-14-18(26)10-13-22(15)33-16(2)23(29)27-19-11-8-17(9-12-19)24(30)28-21-7-5-4-6-20(21)25(31)32-3/h4-14,16H,1-3H3,(H,27,29)(H,28,30). The van der Waals surface area contributed by atoms with Crippen LogP contribution in [-0.2, 0) is 9.53 Å². The number of ether oxygens (including phenoxy) is 2. The van der Waals surface area contributed by atoms with E-state index in [4.69, 9.17) is 21.1 Å². The summed E-state index contributed by atoms with van der Waals surface area (Å²) < 4.78 is 10.5. The molecule has 0 radical (unpaired) electrons. The number of hydrogen-bond donors (Lipinski definition) is 2. The molecule has 0 fully saturated rings. The fraction of sp³-hybridized carbons (Fsp3) is 0.160. The Morgan fingerprint density at radius 1 is 0.939 bits per heavy atom. The monoisotopic (exact) mass is 466 g/mol. The molecule has 1 unspecified atom stereocenters. The summed E-state index contributed by atoms with van der Waals surface area (Å²) in [5, 5.41) is 6.05. The quantitative estimate of drug-likeness (QED) is 0.473. The minimum atomic E-state index is -0.748. The normalized spacial score (nSPS) is 11.3. The van der Waals surface area contributed by atoms with Crippen LogP contribution in [-0.4, -0.2) is 31.0 Å². The molecule has 0 aromatic heterocycles. The van der Waals surface area contributed by atoms with Gasteiger partial charge in [0.1, 0.15) is 5.75 Å². The van der Waals surface area contributed by atoms with E-state index < -0.39 is 18.0 Å². The van der Waals surface area contributed by atoms with Gasteiger partial charge in [0.2, 0.25) is 0 Å². The Morgan fingerprint density at radius 3 is 2.30 bits per heavy atom. The lowest BCUT2D eigenvalue weighted by Crippen LogP contribution is -2.30. The van der Waals surface area contributed by atoms with Crippen molar-refractivity contribution in [3.8, 4) is 5.75 Å². The van der Waals surface area contributed by atoms with Gasteiger partial charge in [0.05, 0.1) is 18.4 Å². The zero-order valence-electron chi connectivity index (χ0n) is 18.3. The maximum Gasteiger partial charge on any atom is 0.339 e. The summed E-state index contributed by atoms with van der Waals surface area (Å²) in [4.78, 5) is 37.0. The van der Waals surface area contributed by atoms with Crippen molar-refractivity contribution >= 4 is 40.8 Å². The summed E-state index contributed by atoms with van der Waals surface area (Å²) >= 11 is 5.95. The molecule has 7 nitrogen and oxygen atoms in total. The zero-order valence-corrected chi connectivity index (χ0v) is 19.1. The molecular weight excluding hydrogens is 444 g/mol. The van der Waals surface area contributed by atoms with Crippen molar-refractivity contribution in [2.75, 3.05) is 17.7 Å². The van der Waals surface area contributed by atoms with Gasteiger partial charge in [0, 0.05) is 16.3 Å². The first kappa shape index (κ1) is 23.8. The van der Waals surface area contributed by atoms with Gasteiger partial charge in [-0.2, -0.15) is 0 Å². The van der Waals surface area contributed by atoms with Gasteiger partial charge in [-0.3, -0.25) is 9.59 Å². The van der Waals surface area contributed by atoms with E-state index in [1.807, 2.05) is 6.92 Å². The van der Waals surface area contributed by atoms with Gasteiger partial charge in [-0.25, -0.2) is 4.79 Å². The molecule has 0 aliphatic carbocycles. The third kappa shape index (κ3) is 6.11. The van der Waals surface area contributed by atoms with E-state index in [9.17, 15) is 14.4 Å². The number of para-hydroxylation sites is 1. The number of amides is 2. The average Bonchev–Trinajstić information content (AvgIpc) is 2.81. The van der Waals surface area contributed by atoms with Gasteiger partial charge in [-0.15, -0.1) is 0 Å². The Balaban J connectivity index is 1.62. The van der Waals surface area contributed by atoms with Crippen LogP contribution in [0.25, 0.3) is 0 Å². The number of anilines is 2. The number of esters is 1. The Morgan fingerprint density at radius 2 is 1.64 bits per heavy atom. The lowest BCUT2D eigenvalue weighted by atomic mass is 10.1. The van der Waals surface area contributed by atoms with Crippen LogP contribution < -0.4 is 15.4 Å². The molecule has 1 atom stereocenters. The summed E-state index contributed by atoms with van der Waals surface area (Å²) in [5.41, 5.74) is 2.28. The highest BCUT2D eigenvalue weighted by Crippen LogP contribution is 2.23. The second-order valence-electron chi connectivity index (χ2n) is 7.23. The smallest absolute Gasteiger partial charge is 0.339 e. The lowest BCUT2D eigenvalue weighted by molar-refractivity contribution is -0.122. The molecule has 170 valence electrons. The molecule has 0 saturated heterocycles. The number of carbonyl (C=O) groups is 3. The molecule has 2 N–H and O–H groups in total. The highest BCUT2D eigenvalue weighted by Gasteiger charge is 2.17. The Kier molecular flexibility index (Phi) is 7.69. The third-order valence-corrected chi connectivity index (χ3v) is 5.04. The number of benzene rings is 3. The van der Waals surface area contributed by atoms with E-state index >= 15 is 0 Å². The fourth-order valence-corrected chi connectivity index (χ4v) is 3.24. The van der Waals surface area contributed by atoms with E-state index in [0.29, 0.717) is 27.7 Å². The second kappa shape index (κ2) is 10.7. The van der Waals surface area contributed by atoms with Gasteiger partial charge in [-0.1, -0.05) is 23.7 Å². The predicted octanol–water partition coefficient (Wildman–Crippen LogP) is 5.09. The van der Waals surface area contributed by atoms with Crippen molar-refractivity contribution in [3.63, 3.8) is 0 Å². The van der Waals surface area contributed by atoms with E-state index in [-0.39, 0.29) is 11.5 Å². The summed E-state index contributed by atoms with van der Waals surface area (Å²) in [6, 6.07) is 18.1. The first-order chi connectivity index (χ1) is 15.8. The van der Waals surface area contributed by atoms with Gasteiger partial charge in [0.25, 0.3) is 11.8 Å². The number of methoxy groups -OCH3 is 1. The molecule has 3 aromatic rings. The second-order valence-corrected chi connectivity index (χ2v) is 7.66. The van der Waals surface area contributed by atoms with Crippen LogP contribution in [0.15, 0.2) is 66.7 Å². The Hall–Kier alpha value is -3.84. The van der Waals surface area contributed by atoms with Gasteiger partial charge < -0.3 is 20.1 Å². The van der Waals surface area contributed by atoms with Crippen molar-refractivity contribution < 1.29 is 23.9 Å². The van der Waals surface area contributed by atoms with Crippen molar-refractivity contribution in [3.05, 3.63) is 88.4 Å². The summed E-state index contributed by atoms with van der Waals surface area (Å²) in [6.07, 6.45) is -0.748. The van der Waals surface area contributed by atoms with Gasteiger partial charge >= 0.3 is 5.97 Å². The highest BCUT2D eigenvalue weighted by atomic mass is 35.5. The van der Waals surface area contributed by atoms with E-state index in [0.717, 1.165) is 5.56 Å². The molecule has 33 heavy (non-hydrogen) atoms. The van der Waals surface area contributed by atoms with Crippen molar-refractivity contribution in [2.24, 2.45) is 0 Å². The van der Waals surface area contributed by atoms with Crippen LogP contribution >= 0.6 is 11.6 Å². The van der Waals surface area contributed by atoms with Crippen LogP contribution in [0.1, 0.15) is 33.2 Å². The van der Waals surface area contributed by atoms with Crippen LogP contribution in [0.5, 0.6) is 5.75 Å². The summed E-state index contributed by atoms with van der Waals surface area (Å²) in [7, 11) is 1.27. The third-order valence-electron chi connectivity index (χ3n) is 4.81. The van der Waals surface area contributed by atoms with Gasteiger partial charge in [0.15, 0.2) is 6.10 Å². The molecule has 3 rings (SSSR count). The highest BCUT2D eigenvalue weighted by molar-refractivity contribution is 6.30. The van der Waals surface area contributed by atoms with Crippen LogP contribution in [0.3, 0.4) is 0 Å². The maximum atomic E-state index is 12.6. The number of aryl methyl sites for hydroxylation is 1. The Labute approximate surface area is 196 Å². The zero-order chi connectivity index (χ0) is 24.0. The number of hydrogen-bond acceptors (Lipinski definition) is 5. The predicted molar refractivity (Wildman–Crippen MR) is 127 cm³/mol. The number of nitrogens with one attached hydrogen (secondary N) is 2. The number of rotatable bonds is 7. The number of carbonyl (C=O) groups excluding carboxylic acids is 3. The Bertz CT molecular complexity index is 1180. The first-order valence-electron chi connectivity index (χ1n) is 10.1. The maximum absolute atomic E-state index is 12.6. The van der Waals surface area contributed by atoms with E-state index in [1.54, 1.807) is 73.7 Å². The van der Waals surface area contributed by atoms with Crippen molar-refractivity contribution in [2.45, 2.75) is 20.0 Å². The molecule has 8 heteroatoms. The molecule has 0 saturated carbocycles. The minimum Gasteiger partial charge on any atom is -0.481 e. The van der Waals surface area contributed by atoms with Crippen LogP contribution in [0.4, 0.5) is 11.4 Å². The van der Waals surface area contributed by atoms with Crippen LogP contribution in [0.2, 0.25) is 5.02 Å². The molecule has 2 amide bonds. The molecule has 3 aromatic carbocycles. The lowest BCUT2D eigenvalue weighted by Gasteiger charge is -2.16. The molecule has 0 aliphatic rings. The van der Waals surface area contributed by atoms with E-state index in [1.165, 1.54) is 7.11 Å². The molecule has 0 aliphatic heterocycles. The van der Waals surface area contributed by atoms with Crippen LogP contribution in [0, 0.1) is 6.92 Å². The largest absolute Gasteiger partial charge is 0.481 e.